The summed E-state index contributed by atoms with van der Waals surface area (Å²) >= 11 is 0. The van der Waals surface area contributed by atoms with Gasteiger partial charge in [-0.2, -0.15) is 0 Å². The lowest BCUT2D eigenvalue weighted by Gasteiger charge is -2.11. The fourth-order valence-corrected chi connectivity index (χ4v) is 2.99. The van der Waals surface area contributed by atoms with Gasteiger partial charge in [-0.05, 0) is 49.7 Å². The Morgan fingerprint density at radius 1 is 1.04 bits per heavy atom. The SMILES string of the molecule is COc1ccc(-n2c(C)cc(C(=O)NCc3ccccc3)c2C)cc1. The number of carbonyl (C=O) groups is 1. The van der Waals surface area contributed by atoms with E-state index in [2.05, 4.69) is 9.88 Å². The second-order valence-electron chi connectivity index (χ2n) is 5.99. The van der Waals surface area contributed by atoms with Crippen LogP contribution in [0.5, 0.6) is 5.75 Å². The average molecular weight is 334 g/mol. The van der Waals surface area contributed by atoms with Gasteiger partial charge in [0, 0.05) is 23.6 Å². The Morgan fingerprint density at radius 2 is 1.72 bits per heavy atom. The van der Waals surface area contributed by atoms with Crippen molar-refractivity contribution >= 4 is 5.91 Å². The van der Waals surface area contributed by atoms with Crippen molar-refractivity contribution in [1.29, 1.82) is 0 Å². The Hall–Kier alpha value is -3.01. The van der Waals surface area contributed by atoms with Gasteiger partial charge in [-0.3, -0.25) is 4.79 Å². The molecule has 1 heterocycles. The highest BCUT2D eigenvalue weighted by Gasteiger charge is 2.16. The van der Waals surface area contributed by atoms with Gasteiger partial charge >= 0.3 is 0 Å². The van der Waals surface area contributed by atoms with E-state index in [0.29, 0.717) is 12.1 Å². The molecule has 25 heavy (non-hydrogen) atoms. The molecule has 1 amide bonds. The summed E-state index contributed by atoms with van der Waals surface area (Å²) in [7, 11) is 1.65. The topological polar surface area (TPSA) is 43.3 Å². The molecule has 1 aromatic heterocycles. The highest BCUT2D eigenvalue weighted by atomic mass is 16.5. The van der Waals surface area contributed by atoms with Crippen molar-refractivity contribution in [3.05, 3.63) is 83.2 Å². The molecule has 3 rings (SSSR count). The Bertz CT molecular complexity index is 865. The van der Waals surface area contributed by atoms with Crippen LogP contribution >= 0.6 is 0 Å². The van der Waals surface area contributed by atoms with Crippen molar-refractivity contribution in [2.45, 2.75) is 20.4 Å². The van der Waals surface area contributed by atoms with E-state index in [-0.39, 0.29) is 5.91 Å². The zero-order chi connectivity index (χ0) is 17.8. The van der Waals surface area contributed by atoms with Crippen LogP contribution < -0.4 is 10.1 Å². The first-order valence-corrected chi connectivity index (χ1v) is 8.25. The number of aryl methyl sites for hydroxylation is 1. The van der Waals surface area contributed by atoms with Crippen molar-refractivity contribution in [1.82, 2.24) is 9.88 Å². The van der Waals surface area contributed by atoms with E-state index in [1.54, 1.807) is 7.11 Å². The Balaban J connectivity index is 1.82. The zero-order valence-electron chi connectivity index (χ0n) is 14.7. The van der Waals surface area contributed by atoms with Crippen LogP contribution in [-0.2, 0) is 6.54 Å². The monoisotopic (exact) mass is 334 g/mol. The predicted octanol–water partition coefficient (Wildman–Crippen LogP) is 4.03. The minimum absolute atomic E-state index is 0.0586. The van der Waals surface area contributed by atoms with Crippen molar-refractivity contribution < 1.29 is 9.53 Å². The number of methoxy groups -OCH3 is 1. The number of rotatable bonds is 5. The van der Waals surface area contributed by atoms with Gasteiger partial charge in [0.05, 0.1) is 12.7 Å². The maximum absolute atomic E-state index is 12.6. The number of aromatic nitrogens is 1. The Kier molecular flexibility index (Phi) is 4.89. The molecule has 128 valence electrons. The van der Waals surface area contributed by atoms with Gasteiger partial charge in [0.25, 0.3) is 5.91 Å². The normalized spacial score (nSPS) is 10.5. The number of nitrogens with zero attached hydrogens (tertiary/aromatic N) is 1. The maximum Gasteiger partial charge on any atom is 0.253 e. The van der Waals surface area contributed by atoms with Crippen molar-refractivity contribution in [3.8, 4) is 11.4 Å². The highest BCUT2D eigenvalue weighted by Crippen LogP contribution is 2.22. The Labute approximate surface area is 148 Å². The van der Waals surface area contributed by atoms with Crippen molar-refractivity contribution in [3.63, 3.8) is 0 Å². The standard InChI is InChI=1S/C21H22N2O2/c1-15-13-20(21(24)22-14-17-7-5-4-6-8-17)16(2)23(15)18-9-11-19(25-3)12-10-18/h4-13H,14H2,1-3H3,(H,22,24). The molecule has 4 heteroatoms. The molecule has 0 aliphatic heterocycles. The molecule has 0 radical (unpaired) electrons. The van der Waals surface area contributed by atoms with Crippen LogP contribution in [0.3, 0.4) is 0 Å². The summed E-state index contributed by atoms with van der Waals surface area (Å²) in [6.07, 6.45) is 0. The molecule has 3 aromatic rings. The minimum Gasteiger partial charge on any atom is -0.497 e. The first kappa shape index (κ1) is 16.8. The van der Waals surface area contributed by atoms with Gasteiger partial charge in [-0.25, -0.2) is 0 Å². The predicted molar refractivity (Wildman–Crippen MR) is 99.4 cm³/mol. The molecule has 1 N–H and O–H groups in total. The smallest absolute Gasteiger partial charge is 0.253 e. The summed E-state index contributed by atoms with van der Waals surface area (Å²) in [6.45, 7) is 4.49. The molecule has 0 bridgehead atoms. The van der Waals surface area contributed by atoms with Gasteiger partial charge < -0.3 is 14.6 Å². The molecule has 0 saturated carbocycles. The van der Waals surface area contributed by atoms with E-state index >= 15 is 0 Å². The molecule has 4 nitrogen and oxygen atoms in total. The summed E-state index contributed by atoms with van der Waals surface area (Å²) < 4.78 is 7.29. The molecule has 0 spiro atoms. The highest BCUT2D eigenvalue weighted by molar-refractivity contribution is 5.95. The third kappa shape index (κ3) is 3.58. The lowest BCUT2D eigenvalue weighted by atomic mass is 10.2. The summed E-state index contributed by atoms with van der Waals surface area (Å²) in [4.78, 5) is 12.6. The van der Waals surface area contributed by atoms with Crippen LogP contribution in [0.2, 0.25) is 0 Å². The summed E-state index contributed by atoms with van der Waals surface area (Å²) in [5.41, 5.74) is 4.74. The Morgan fingerprint density at radius 3 is 2.36 bits per heavy atom. The number of amides is 1. The van der Waals surface area contributed by atoms with E-state index in [9.17, 15) is 4.79 Å². The molecule has 0 fully saturated rings. The van der Waals surface area contributed by atoms with E-state index in [1.165, 1.54) is 0 Å². The fourth-order valence-electron chi connectivity index (χ4n) is 2.99. The van der Waals surface area contributed by atoms with Gasteiger partial charge in [0.1, 0.15) is 5.75 Å². The van der Waals surface area contributed by atoms with Gasteiger partial charge in [-0.15, -0.1) is 0 Å². The molecular weight excluding hydrogens is 312 g/mol. The number of hydrogen-bond acceptors (Lipinski definition) is 2. The van der Waals surface area contributed by atoms with Crippen molar-refractivity contribution in [2.24, 2.45) is 0 Å². The third-order valence-electron chi connectivity index (χ3n) is 4.30. The van der Waals surface area contributed by atoms with Gasteiger partial charge in [0.2, 0.25) is 0 Å². The zero-order valence-corrected chi connectivity index (χ0v) is 14.7. The van der Waals surface area contributed by atoms with Gasteiger partial charge in [-0.1, -0.05) is 30.3 Å². The lowest BCUT2D eigenvalue weighted by Crippen LogP contribution is -2.23. The molecule has 2 aromatic carbocycles. The van der Waals surface area contributed by atoms with Crippen LogP contribution in [0.4, 0.5) is 0 Å². The van der Waals surface area contributed by atoms with E-state index < -0.39 is 0 Å². The summed E-state index contributed by atoms with van der Waals surface area (Å²) in [6, 6.07) is 19.7. The number of hydrogen-bond donors (Lipinski definition) is 1. The number of nitrogens with one attached hydrogen (secondary N) is 1. The van der Waals surface area contributed by atoms with Crippen LogP contribution in [0.15, 0.2) is 60.7 Å². The lowest BCUT2D eigenvalue weighted by molar-refractivity contribution is 0.0950. The maximum atomic E-state index is 12.6. The summed E-state index contributed by atoms with van der Waals surface area (Å²) in [5.74, 6) is 0.753. The van der Waals surface area contributed by atoms with E-state index in [1.807, 2.05) is 74.5 Å². The van der Waals surface area contributed by atoms with Gasteiger partial charge in [0.15, 0.2) is 0 Å². The molecule has 0 unspecified atom stereocenters. The van der Waals surface area contributed by atoms with Crippen LogP contribution in [-0.4, -0.2) is 17.6 Å². The van der Waals surface area contributed by atoms with E-state index in [4.69, 9.17) is 4.74 Å². The molecular formula is C21H22N2O2. The minimum atomic E-state index is -0.0586. The quantitative estimate of drug-likeness (QED) is 0.765. The molecule has 0 saturated heterocycles. The largest absolute Gasteiger partial charge is 0.497 e. The second-order valence-corrected chi connectivity index (χ2v) is 5.99. The molecule has 0 atom stereocenters. The number of ether oxygens (including phenoxy) is 1. The first-order chi connectivity index (χ1) is 12.1. The van der Waals surface area contributed by atoms with E-state index in [0.717, 1.165) is 28.4 Å². The average Bonchev–Trinajstić information content (AvgIpc) is 2.95. The number of benzene rings is 2. The second kappa shape index (κ2) is 7.26. The first-order valence-electron chi connectivity index (χ1n) is 8.25. The van der Waals surface area contributed by atoms with Crippen molar-refractivity contribution in [2.75, 3.05) is 7.11 Å². The van der Waals surface area contributed by atoms with Crippen LogP contribution in [0.25, 0.3) is 5.69 Å². The summed E-state index contributed by atoms with van der Waals surface area (Å²) in [5, 5.41) is 2.99. The number of carbonyl (C=O) groups excluding carboxylic acids is 1. The van der Waals surface area contributed by atoms with Crippen LogP contribution in [0.1, 0.15) is 27.3 Å². The fraction of sp³-hybridized carbons (Fsp3) is 0.190. The molecule has 0 aliphatic carbocycles. The third-order valence-corrected chi connectivity index (χ3v) is 4.30. The molecule has 0 aliphatic rings. The van der Waals surface area contributed by atoms with Crippen LogP contribution in [0, 0.1) is 13.8 Å².